The highest BCUT2D eigenvalue weighted by molar-refractivity contribution is 8.00. The predicted octanol–water partition coefficient (Wildman–Crippen LogP) is 6.56. The first-order valence-corrected chi connectivity index (χ1v) is 11.0. The number of anilines is 2. The van der Waals surface area contributed by atoms with Crippen molar-refractivity contribution in [2.75, 3.05) is 16.4 Å². The molecule has 8 heteroatoms. The van der Waals surface area contributed by atoms with Gasteiger partial charge in [-0.1, -0.05) is 53.0 Å². The number of carbonyl (C=O) groups excluding carboxylic acids is 2. The molecule has 0 aliphatic carbocycles. The van der Waals surface area contributed by atoms with Crippen molar-refractivity contribution in [3.8, 4) is 0 Å². The highest BCUT2D eigenvalue weighted by atomic mass is 35.5. The van der Waals surface area contributed by atoms with E-state index in [2.05, 4.69) is 10.6 Å². The Labute approximate surface area is 193 Å². The molecule has 2 N–H and O–H groups in total. The lowest BCUT2D eigenvalue weighted by Crippen LogP contribution is -2.15. The third-order valence-corrected chi connectivity index (χ3v) is 5.78. The molecule has 0 radical (unpaired) electrons. The second-order valence-electron chi connectivity index (χ2n) is 6.34. The molecule has 0 aliphatic heterocycles. The lowest BCUT2D eigenvalue weighted by Gasteiger charge is -2.09. The van der Waals surface area contributed by atoms with Crippen LogP contribution in [-0.4, -0.2) is 17.6 Å². The Morgan fingerprint density at radius 1 is 0.800 bits per heavy atom. The van der Waals surface area contributed by atoms with Crippen molar-refractivity contribution in [1.29, 1.82) is 0 Å². The summed E-state index contributed by atoms with van der Waals surface area (Å²) < 4.78 is 0. The zero-order valence-electron chi connectivity index (χ0n) is 15.6. The molecule has 0 saturated carbocycles. The number of amides is 2. The molecule has 0 unspecified atom stereocenters. The number of nitrogens with one attached hydrogen (secondary N) is 2. The van der Waals surface area contributed by atoms with Gasteiger partial charge in [-0.15, -0.1) is 11.8 Å². The number of hydrogen-bond acceptors (Lipinski definition) is 3. The van der Waals surface area contributed by atoms with Gasteiger partial charge in [-0.3, -0.25) is 9.59 Å². The molecule has 0 fully saturated rings. The standard InChI is InChI=1S/C22H17Cl3N2O2S/c23-15-6-4-14(5-7-15)10-21(28)26-17-2-1-3-18(12-17)30-13-22(29)27-20-11-16(24)8-9-19(20)25/h1-9,11-12H,10,13H2,(H,26,28)(H,27,29). The van der Waals surface area contributed by atoms with Crippen molar-refractivity contribution in [1.82, 2.24) is 0 Å². The lowest BCUT2D eigenvalue weighted by molar-refractivity contribution is -0.115. The average molecular weight is 480 g/mol. The summed E-state index contributed by atoms with van der Waals surface area (Å²) in [4.78, 5) is 25.3. The molecule has 3 rings (SSSR count). The van der Waals surface area contributed by atoms with Gasteiger partial charge in [-0.2, -0.15) is 0 Å². The van der Waals surface area contributed by atoms with Gasteiger partial charge in [0.05, 0.1) is 22.9 Å². The van der Waals surface area contributed by atoms with Gasteiger partial charge in [-0.05, 0) is 54.1 Å². The van der Waals surface area contributed by atoms with E-state index in [9.17, 15) is 9.59 Å². The van der Waals surface area contributed by atoms with Crippen LogP contribution in [0.5, 0.6) is 0 Å². The average Bonchev–Trinajstić information content (AvgIpc) is 2.71. The normalized spacial score (nSPS) is 10.5. The van der Waals surface area contributed by atoms with Crippen molar-refractivity contribution in [3.63, 3.8) is 0 Å². The summed E-state index contributed by atoms with van der Waals surface area (Å²) in [6.07, 6.45) is 0.247. The summed E-state index contributed by atoms with van der Waals surface area (Å²) in [6, 6.07) is 19.3. The number of carbonyl (C=O) groups is 2. The van der Waals surface area contributed by atoms with Gasteiger partial charge in [0.1, 0.15) is 0 Å². The van der Waals surface area contributed by atoms with Crippen LogP contribution in [-0.2, 0) is 16.0 Å². The fourth-order valence-electron chi connectivity index (χ4n) is 2.58. The Morgan fingerprint density at radius 2 is 1.53 bits per heavy atom. The van der Waals surface area contributed by atoms with E-state index in [0.29, 0.717) is 26.4 Å². The van der Waals surface area contributed by atoms with Crippen molar-refractivity contribution in [3.05, 3.63) is 87.4 Å². The molecule has 0 heterocycles. The van der Waals surface area contributed by atoms with Crippen LogP contribution in [0.4, 0.5) is 11.4 Å². The summed E-state index contributed by atoms with van der Waals surface area (Å²) in [5.74, 6) is -0.153. The Kier molecular flexibility index (Phi) is 8.05. The monoisotopic (exact) mass is 478 g/mol. The molecule has 2 amide bonds. The van der Waals surface area contributed by atoms with Gasteiger partial charge in [0.15, 0.2) is 0 Å². The third-order valence-electron chi connectivity index (χ3n) is 3.97. The minimum absolute atomic E-state index is 0.132. The molecule has 0 aromatic heterocycles. The van der Waals surface area contributed by atoms with Crippen molar-refractivity contribution in [2.24, 2.45) is 0 Å². The molecule has 30 heavy (non-hydrogen) atoms. The summed E-state index contributed by atoms with van der Waals surface area (Å²) >= 11 is 19.2. The highest BCUT2D eigenvalue weighted by Gasteiger charge is 2.09. The summed E-state index contributed by atoms with van der Waals surface area (Å²) in [5, 5.41) is 7.15. The largest absolute Gasteiger partial charge is 0.326 e. The van der Waals surface area contributed by atoms with Crippen molar-refractivity contribution >= 4 is 69.8 Å². The molecule has 154 valence electrons. The van der Waals surface area contributed by atoms with Gasteiger partial charge in [0, 0.05) is 20.6 Å². The van der Waals surface area contributed by atoms with E-state index < -0.39 is 0 Å². The maximum absolute atomic E-state index is 12.3. The summed E-state index contributed by atoms with van der Waals surface area (Å²) in [6.45, 7) is 0. The van der Waals surface area contributed by atoms with E-state index in [-0.39, 0.29) is 24.0 Å². The number of halogens is 3. The molecule has 3 aromatic rings. The topological polar surface area (TPSA) is 58.2 Å². The molecule has 3 aromatic carbocycles. The highest BCUT2D eigenvalue weighted by Crippen LogP contribution is 2.26. The summed E-state index contributed by atoms with van der Waals surface area (Å²) in [5.41, 5.74) is 2.01. The van der Waals surface area contributed by atoms with Gasteiger partial charge < -0.3 is 10.6 Å². The fraction of sp³-hybridized carbons (Fsp3) is 0.0909. The smallest absolute Gasteiger partial charge is 0.234 e. The van der Waals surface area contributed by atoms with Crippen LogP contribution in [0.1, 0.15) is 5.56 Å². The molecular formula is C22H17Cl3N2O2S. The van der Waals surface area contributed by atoms with Gasteiger partial charge in [-0.25, -0.2) is 0 Å². The number of benzene rings is 3. The first-order valence-electron chi connectivity index (χ1n) is 8.91. The van der Waals surface area contributed by atoms with E-state index in [1.54, 1.807) is 36.4 Å². The van der Waals surface area contributed by atoms with Crippen LogP contribution >= 0.6 is 46.6 Å². The minimum Gasteiger partial charge on any atom is -0.326 e. The van der Waals surface area contributed by atoms with Gasteiger partial charge >= 0.3 is 0 Å². The second kappa shape index (κ2) is 10.7. The van der Waals surface area contributed by atoms with E-state index in [0.717, 1.165) is 10.5 Å². The van der Waals surface area contributed by atoms with Crippen LogP contribution in [0.25, 0.3) is 0 Å². The SMILES string of the molecule is O=C(Cc1ccc(Cl)cc1)Nc1cccc(SCC(=O)Nc2cc(Cl)ccc2Cl)c1. The Morgan fingerprint density at radius 3 is 2.30 bits per heavy atom. The maximum Gasteiger partial charge on any atom is 0.234 e. The molecule has 0 saturated heterocycles. The lowest BCUT2D eigenvalue weighted by atomic mass is 10.1. The molecule has 0 atom stereocenters. The van der Waals surface area contributed by atoms with Gasteiger partial charge in [0.25, 0.3) is 0 Å². The number of hydrogen-bond donors (Lipinski definition) is 2. The van der Waals surface area contributed by atoms with E-state index in [1.165, 1.54) is 11.8 Å². The molecule has 0 spiro atoms. The Hall–Kier alpha value is -2.18. The van der Waals surface area contributed by atoms with Crippen LogP contribution in [0.2, 0.25) is 15.1 Å². The Balaban J connectivity index is 1.53. The van der Waals surface area contributed by atoms with Gasteiger partial charge in [0.2, 0.25) is 11.8 Å². The first-order chi connectivity index (χ1) is 14.4. The number of rotatable bonds is 7. The predicted molar refractivity (Wildman–Crippen MR) is 126 cm³/mol. The molecule has 4 nitrogen and oxygen atoms in total. The first kappa shape index (κ1) is 22.5. The molecule has 0 aliphatic rings. The number of thioether (sulfide) groups is 1. The van der Waals surface area contributed by atoms with Crippen molar-refractivity contribution < 1.29 is 9.59 Å². The van der Waals surface area contributed by atoms with Crippen molar-refractivity contribution in [2.45, 2.75) is 11.3 Å². The minimum atomic E-state index is -0.207. The van der Waals surface area contributed by atoms with E-state index >= 15 is 0 Å². The van der Waals surface area contributed by atoms with Crippen LogP contribution < -0.4 is 10.6 Å². The quantitative estimate of drug-likeness (QED) is 0.377. The Bertz CT molecular complexity index is 1060. The fourth-order valence-corrected chi connectivity index (χ4v) is 3.80. The van der Waals surface area contributed by atoms with E-state index in [1.807, 2.05) is 30.3 Å². The second-order valence-corrected chi connectivity index (χ2v) is 8.67. The zero-order valence-corrected chi connectivity index (χ0v) is 18.7. The van der Waals surface area contributed by atoms with E-state index in [4.69, 9.17) is 34.8 Å². The zero-order chi connectivity index (χ0) is 21.5. The molecular weight excluding hydrogens is 463 g/mol. The van der Waals surface area contributed by atoms with Crippen LogP contribution in [0.15, 0.2) is 71.6 Å². The third kappa shape index (κ3) is 6.96. The van der Waals surface area contributed by atoms with Crippen LogP contribution in [0, 0.1) is 0 Å². The maximum atomic E-state index is 12.3. The summed E-state index contributed by atoms with van der Waals surface area (Å²) in [7, 11) is 0. The molecule has 0 bridgehead atoms. The van der Waals surface area contributed by atoms with Crippen LogP contribution in [0.3, 0.4) is 0 Å².